The molecular formula is C24H35N5O4. The van der Waals surface area contributed by atoms with Crippen LogP contribution in [0.5, 0.6) is 0 Å². The summed E-state index contributed by atoms with van der Waals surface area (Å²) in [6.45, 7) is 8.32. The fourth-order valence-electron chi connectivity index (χ4n) is 3.91. The van der Waals surface area contributed by atoms with Crippen molar-refractivity contribution in [3.05, 3.63) is 29.6 Å². The van der Waals surface area contributed by atoms with Gasteiger partial charge in [0.2, 0.25) is 5.82 Å². The highest BCUT2D eigenvalue weighted by Gasteiger charge is 2.29. The summed E-state index contributed by atoms with van der Waals surface area (Å²) >= 11 is 0. The Kier molecular flexibility index (Phi) is 8.07. The number of methoxy groups -OCH3 is 1. The first-order chi connectivity index (χ1) is 15.7. The Morgan fingerprint density at radius 1 is 1.12 bits per heavy atom. The number of carbonyl (C=O) groups is 2. The van der Waals surface area contributed by atoms with E-state index < -0.39 is 11.7 Å². The third-order valence-corrected chi connectivity index (χ3v) is 5.44. The predicted molar refractivity (Wildman–Crippen MR) is 128 cm³/mol. The molecule has 1 aliphatic rings. The lowest BCUT2D eigenvalue weighted by Gasteiger charge is -2.34. The van der Waals surface area contributed by atoms with Crippen molar-refractivity contribution in [3.63, 3.8) is 0 Å². The lowest BCUT2D eigenvalue weighted by Crippen LogP contribution is -2.50. The number of carbonyl (C=O) groups excluding carboxylic acids is 2. The van der Waals surface area contributed by atoms with Crippen molar-refractivity contribution in [2.24, 2.45) is 0 Å². The molecule has 9 heteroatoms. The number of benzene rings is 1. The molecule has 0 unspecified atom stereocenters. The lowest BCUT2D eigenvalue weighted by atomic mass is 9.90. The molecule has 3 N–H and O–H groups in total. The molecule has 9 nitrogen and oxygen atoms in total. The van der Waals surface area contributed by atoms with Gasteiger partial charge >= 0.3 is 6.09 Å². The predicted octanol–water partition coefficient (Wildman–Crippen LogP) is 3.56. The fourth-order valence-corrected chi connectivity index (χ4v) is 3.91. The maximum Gasteiger partial charge on any atom is 0.407 e. The first kappa shape index (κ1) is 24.7. The second-order valence-corrected chi connectivity index (χ2v) is 9.45. The summed E-state index contributed by atoms with van der Waals surface area (Å²) in [5.74, 6) is 0.325. The summed E-state index contributed by atoms with van der Waals surface area (Å²) in [7, 11) is 1.58. The van der Waals surface area contributed by atoms with Crippen LogP contribution in [0.3, 0.4) is 0 Å². The van der Waals surface area contributed by atoms with Gasteiger partial charge in [0.25, 0.3) is 5.91 Å². The van der Waals surface area contributed by atoms with Crippen molar-refractivity contribution in [2.45, 2.75) is 71.1 Å². The van der Waals surface area contributed by atoms with Crippen LogP contribution in [0.4, 0.5) is 10.6 Å². The molecule has 1 aromatic carbocycles. The summed E-state index contributed by atoms with van der Waals surface area (Å²) in [5, 5.41) is 10.1. The molecule has 0 aliphatic heterocycles. The second kappa shape index (κ2) is 10.8. The average Bonchev–Trinajstić information content (AvgIpc) is 2.74. The second-order valence-electron chi connectivity index (χ2n) is 9.45. The Morgan fingerprint density at radius 3 is 2.55 bits per heavy atom. The van der Waals surface area contributed by atoms with E-state index in [1.165, 1.54) is 0 Å². The van der Waals surface area contributed by atoms with Crippen molar-refractivity contribution in [2.75, 3.05) is 25.6 Å². The molecule has 0 radical (unpaired) electrons. The number of anilines is 1. The first-order valence-electron chi connectivity index (χ1n) is 11.5. The van der Waals surface area contributed by atoms with Gasteiger partial charge in [-0.1, -0.05) is 24.5 Å². The van der Waals surface area contributed by atoms with Crippen LogP contribution in [-0.4, -0.2) is 59.9 Å². The molecule has 2 amide bonds. The van der Waals surface area contributed by atoms with Crippen LogP contribution in [0.2, 0.25) is 0 Å². The molecular weight excluding hydrogens is 422 g/mol. The van der Waals surface area contributed by atoms with Crippen molar-refractivity contribution in [1.82, 2.24) is 20.6 Å². The maximum absolute atomic E-state index is 12.6. The molecule has 1 saturated carbocycles. The molecule has 33 heavy (non-hydrogen) atoms. The molecule has 0 spiro atoms. The Balaban J connectivity index is 1.86. The van der Waals surface area contributed by atoms with Crippen molar-refractivity contribution >= 4 is 28.7 Å². The number of ether oxygens (including phenoxy) is 2. The van der Waals surface area contributed by atoms with E-state index in [1.54, 1.807) is 7.11 Å². The minimum absolute atomic E-state index is 0.0470. The molecule has 0 bridgehead atoms. The van der Waals surface area contributed by atoms with Gasteiger partial charge < -0.3 is 25.4 Å². The maximum atomic E-state index is 12.6. The number of nitrogens with one attached hydrogen (secondary N) is 3. The van der Waals surface area contributed by atoms with Crippen LogP contribution in [-0.2, 0) is 9.47 Å². The zero-order valence-electron chi connectivity index (χ0n) is 20.2. The van der Waals surface area contributed by atoms with Crippen LogP contribution in [0.25, 0.3) is 10.9 Å². The zero-order valence-corrected chi connectivity index (χ0v) is 20.2. The number of aromatic nitrogens is 2. The Labute approximate surface area is 195 Å². The van der Waals surface area contributed by atoms with Crippen LogP contribution in [0.1, 0.15) is 62.6 Å². The van der Waals surface area contributed by atoms with Crippen LogP contribution >= 0.6 is 0 Å². The van der Waals surface area contributed by atoms with Gasteiger partial charge in [0, 0.05) is 25.1 Å². The van der Waals surface area contributed by atoms with Gasteiger partial charge in [0.15, 0.2) is 0 Å². The SMILES string of the molecule is COCCNC(=O)c1nc(N[C@@H]2CCCC[C@@H]2NC(=O)OC(C)(C)C)c2cc(C)ccc2n1. The highest BCUT2D eigenvalue weighted by molar-refractivity contribution is 5.96. The first-order valence-corrected chi connectivity index (χ1v) is 11.5. The highest BCUT2D eigenvalue weighted by atomic mass is 16.6. The minimum atomic E-state index is -0.562. The van der Waals surface area contributed by atoms with Gasteiger partial charge in [-0.05, 0) is 52.7 Å². The molecule has 0 saturated heterocycles. The van der Waals surface area contributed by atoms with Gasteiger partial charge in [-0.2, -0.15) is 0 Å². The van der Waals surface area contributed by atoms with Gasteiger partial charge in [0.1, 0.15) is 11.4 Å². The number of alkyl carbamates (subject to hydrolysis) is 1. The summed E-state index contributed by atoms with van der Waals surface area (Å²) in [6, 6.07) is 5.69. The summed E-state index contributed by atoms with van der Waals surface area (Å²) in [6.07, 6.45) is 3.34. The smallest absolute Gasteiger partial charge is 0.407 e. The van der Waals surface area contributed by atoms with Crippen molar-refractivity contribution in [3.8, 4) is 0 Å². The highest BCUT2D eigenvalue weighted by Crippen LogP contribution is 2.27. The number of rotatable bonds is 7. The van der Waals surface area contributed by atoms with E-state index in [4.69, 9.17) is 9.47 Å². The standard InChI is InChI=1S/C24H35N5O4/c1-15-10-11-17-16(14-15)20(29-21(26-17)22(30)25-12-13-32-5)27-18-8-6-7-9-19(18)28-23(31)33-24(2,3)4/h10-11,14,18-19H,6-9,12-13H2,1-5H3,(H,25,30)(H,28,31)(H,26,27,29)/t18-,19+/m1/s1. The third-order valence-electron chi connectivity index (χ3n) is 5.44. The number of hydrogen-bond donors (Lipinski definition) is 3. The van der Waals surface area contributed by atoms with E-state index in [1.807, 2.05) is 45.9 Å². The van der Waals surface area contributed by atoms with Crippen molar-refractivity contribution < 1.29 is 19.1 Å². The van der Waals surface area contributed by atoms with E-state index in [0.717, 1.165) is 36.6 Å². The van der Waals surface area contributed by atoms with Gasteiger partial charge in [-0.3, -0.25) is 4.79 Å². The van der Waals surface area contributed by atoms with Crippen LogP contribution in [0, 0.1) is 6.92 Å². The van der Waals surface area contributed by atoms with E-state index in [-0.39, 0.29) is 23.8 Å². The molecule has 1 heterocycles. The molecule has 3 rings (SSSR count). The summed E-state index contributed by atoms with van der Waals surface area (Å²) < 4.78 is 10.5. The number of nitrogens with zero attached hydrogens (tertiary/aromatic N) is 2. The Hall–Kier alpha value is -2.94. The molecule has 1 fully saturated rings. The van der Waals surface area contributed by atoms with E-state index in [0.29, 0.717) is 24.5 Å². The fraction of sp³-hybridized carbons (Fsp3) is 0.583. The minimum Gasteiger partial charge on any atom is -0.444 e. The lowest BCUT2D eigenvalue weighted by molar-refractivity contribution is 0.0488. The normalized spacial score (nSPS) is 18.6. The third kappa shape index (κ3) is 7.02. The number of aryl methyl sites for hydroxylation is 1. The number of fused-ring (bicyclic) bond motifs is 1. The number of hydrogen-bond acceptors (Lipinski definition) is 7. The van der Waals surface area contributed by atoms with E-state index in [9.17, 15) is 9.59 Å². The van der Waals surface area contributed by atoms with E-state index in [2.05, 4.69) is 25.9 Å². The van der Waals surface area contributed by atoms with Crippen LogP contribution < -0.4 is 16.0 Å². The number of amides is 2. The topological polar surface area (TPSA) is 114 Å². The van der Waals surface area contributed by atoms with Gasteiger partial charge in [0.05, 0.1) is 18.2 Å². The Bertz CT molecular complexity index is 989. The van der Waals surface area contributed by atoms with Crippen molar-refractivity contribution in [1.29, 1.82) is 0 Å². The van der Waals surface area contributed by atoms with Gasteiger partial charge in [-0.15, -0.1) is 0 Å². The average molecular weight is 458 g/mol. The molecule has 2 aromatic rings. The monoisotopic (exact) mass is 457 g/mol. The molecule has 2 atom stereocenters. The summed E-state index contributed by atoms with van der Waals surface area (Å²) in [4.78, 5) is 34.1. The Morgan fingerprint density at radius 2 is 1.85 bits per heavy atom. The largest absolute Gasteiger partial charge is 0.444 e. The summed E-state index contributed by atoms with van der Waals surface area (Å²) in [5.41, 5.74) is 1.19. The van der Waals surface area contributed by atoms with Gasteiger partial charge in [-0.25, -0.2) is 14.8 Å². The molecule has 1 aromatic heterocycles. The molecule has 1 aliphatic carbocycles. The van der Waals surface area contributed by atoms with E-state index >= 15 is 0 Å². The molecule has 180 valence electrons. The zero-order chi connectivity index (χ0) is 24.0. The van der Waals surface area contributed by atoms with Crippen LogP contribution in [0.15, 0.2) is 18.2 Å². The quantitative estimate of drug-likeness (QED) is 0.545.